The molecule has 3 aromatic rings. The number of aromatic nitrogens is 1. The van der Waals surface area contributed by atoms with E-state index in [4.69, 9.17) is 66.3 Å². The monoisotopic (exact) mass is 1400 g/mol. The number of anilines is 1. The molecule has 0 saturated carbocycles. The second-order valence-corrected chi connectivity index (χ2v) is 26.1. The molecule has 21 aliphatic rings. The Morgan fingerprint density at radius 1 is 0.323 bits per heavy atom. The van der Waals surface area contributed by atoms with Crippen LogP contribution in [0.5, 0.6) is 0 Å². The first kappa shape index (κ1) is 73.5. The van der Waals surface area contributed by atoms with E-state index in [1.54, 1.807) is 24.3 Å². The zero-order valence-electron chi connectivity index (χ0n) is 50.3. The second-order valence-electron chi connectivity index (χ2n) is 24.2. The lowest BCUT2D eigenvalue weighted by Gasteiger charge is -2.50. The first-order valence-corrected chi connectivity index (χ1v) is 32.1. The fourth-order valence-corrected chi connectivity index (χ4v) is 14.3. The summed E-state index contributed by atoms with van der Waals surface area (Å²) in [6, 6.07) is 13.2. The molecule has 1 aromatic heterocycles. The molecule has 38 nitrogen and oxygen atoms in total. The number of nitrogens with one attached hydrogen (secondary N) is 1. The van der Waals surface area contributed by atoms with Crippen molar-refractivity contribution in [3.05, 3.63) is 60.8 Å². The van der Waals surface area contributed by atoms with Gasteiger partial charge in [0.25, 0.3) is 0 Å². The number of sulfone groups is 1. The Kier molecular flexibility index (Phi) is 23.6. The minimum atomic E-state index is -4.19. The van der Waals surface area contributed by atoms with Gasteiger partial charge in [-0.3, -0.25) is 4.98 Å². The predicted octanol–water partition coefficient (Wildman–Crippen LogP) is -11.7. The molecule has 96 heavy (non-hydrogen) atoms. The summed E-state index contributed by atoms with van der Waals surface area (Å²) in [4.78, 5) is 4.02. The third kappa shape index (κ3) is 14.3. The smallest absolute Gasteiger partial charge is 0.208 e. The quantitative estimate of drug-likeness (QED) is 0.0848. The molecule has 2 aromatic carbocycles. The van der Waals surface area contributed by atoms with Gasteiger partial charge in [0.15, 0.2) is 44.0 Å². The molecule has 0 spiro atoms. The van der Waals surface area contributed by atoms with E-state index < -0.39 is 271 Å². The molecule has 0 amide bonds. The third-order valence-corrected chi connectivity index (χ3v) is 20.0. The van der Waals surface area contributed by atoms with Crippen LogP contribution in [0.15, 0.2) is 70.6 Å². The van der Waals surface area contributed by atoms with Crippen LogP contribution in [0.25, 0.3) is 10.9 Å². The Bertz CT molecular complexity index is 3100. The van der Waals surface area contributed by atoms with Crippen LogP contribution in [0.1, 0.15) is 0 Å². The maximum atomic E-state index is 14.0. The summed E-state index contributed by atoms with van der Waals surface area (Å²) < 4.78 is 110. The van der Waals surface area contributed by atoms with Crippen molar-refractivity contribution in [2.24, 2.45) is 0 Å². The number of hydrogen-bond donors (Lipinski definition) is 21. The lowest BCUT2D eigenvalue weighted by atomic mass is 9.95. The maximum absolute atomic E-state index is 14.0. The van der Waals surface area contributed by atoms with Crippen molar-refractivity contribution in [1.82, 2.24) is 4.98 Å². The molecular weight excluding hydrogens is 1320 g/mol. The average molecular weight is 1400 g/mol. The van der Waals surface area contributed by atoms with E-state index in [9.17, 15) is 111 Å². The van der Waals surface area contributed by atoms with E-state index in [2.05, 4.69) is 10.3 Å². The van der Waals surface area contributed by atoms with Gasteiger partial charge in [-0.1, -0.05) is 18.2 Å². The van der Waals surface area contributed by atoms with Crippen LogP contribution in [0.2, 0.25) is 0 Å². The summed E-state index contributed by atoms with van der Waals surface area (Å²) in [5, 5.41) is 229. The number of aliphatic hydroxyl groups excluding tert-OH is 20. The van der Waals surface area contributed by atoms with Crippen LogP contribution in [0.4, 0.5) is 5.69 Å². The summed E-state index contributed by atoms with van der Waals surface area (Å²) in [7, 11) is -4.19. The van der Waals surface area contributed by atoms with Crippen LogP contribution in [0, 0.1) is 0 Å². The zero-order valence-corrected chi connectivity index (χ0v) is 51.1. The van der Waals surface area contributed by atoms with E-state index in [0.29, 0.717) is 5.39 Å². The predicted molar refractivity (Wildman–Crippen MR) is 303 cm³/mol. The van der Waals surface area contributed by atoms with Gasteiger partial charge >= 0.3 is 0 Å². The van der Waals surface area contributed by atoms with E-state index in [-0.39, 0.29) is 21.0 Å². The molecule has 39 heteroatoms. The topological polar surface area (TPSA) is 593 Å². The van der Waals surface area contributed by atoms with Gasteiger partial charge in [0.1, 0.15) is 171 Å². The van der Waals surface area contributed by atoms with Crippen LogP contribution in [-0.2, 0) is 76.2 Å². The van der Waals surface area contributed by atoms with Gasteiger partial charge in [0.05, 0.1) is 54.9 Å². The Morgan fingerprint density at radius 3 is 0.865 bits per heavy atom. The van der Waals surface area contributed by atoms with Crippen molar-refractivity contribution in [3.63, 3.8) is 0 Å². The molecule has 21 aliphatic heterocycles. The van der Waals surface area contributed by atoms with Crippen molar-refractivity contribution in [3.8, 4) is 0 Å². The van der Waals surface area contributed by atoms with E-state index in [0.717, 1.165) is 0 Å². The fraction of sp³-hybridized carbons (Fsp3) is 0.737. The van der Waals surface area contributed by atoms with Crippen molar-refractivity contribution in [1.29, 1.82) is 0 Å². The maximum Gasteiger partial charge on any atom is 0.208 e. The second kappa shape index (κ2) is 30.8. The summed E-state index contributed by atoms with van der Waals surface area (Å²) >= 11 is 0. The molecule has 0 radical (unpaired) electrons. The fourth-order valence-electron chi connectivity index (χ4n) is 12.8. The molecule has 22 heterocycles. The van der Waals surface area contributed by atoms with Gasteiger partial charge in [-0.25, -0.2) is 8.42 Å². The number of para-hydroxylation sites is 1. The van der Waals surface area contributed by atoms with Crippen LogP contribution in [0.3, 0.4) is 0 Å². The summed E-state index contributed by atoms with van der Waals surface area (Å²) in [5.74, 6) is 0. The number of fused-ring (bicyclic) bond motifs is 1. The largest absolute Gasteiger partial charge is 0.394 e. The standard InChI is InChI=1S/C57H80N2O36S/c60-12-22-45-32(68)39(75)53(84-22)92-47-24(14-62)86-55(41(77)34(47)70)94-49-26(16-64)88-57(43(79)36(49)72)95-50-27(17-65)87-56(42(78)35(50)71)93-48-25(15-63)85-54(40(76)33(48)69)91-46-23(13-61)83-52(38(74)31(46)67)89-44-21(82-51(90-45)37(73)30(44)66)11-59-19-6-8-20(9-7-19)96(80,81)28-5-1-3-18-4-2-10-58-29(18)28/h1-10,21-27,30-57,59-79H,11-17H2/t21-,22-,23-,24-,25-,26-,27-,30-,31-,32-,33-,34-,35-,36-,37-,38-,39-,40-,41-,42-,43-,44-,45-,46-,47-,48-,49-,50-,51-,52-,53-,54-,55-,56-,57-/m1/s1. The minimum absolute atomic E-state index is 0.0844. The van der Waals surface area contributed by atoms with Crippen molar-refractivity contribution in [2.45, 2.75) is 225 Å². The first-order chi connectivity index (χ1) is 45.9. The summed E-state index contributed by atoms with van der Waals surface area (Å²) in [6.07, 6.45) is -70.1. The summed E-state index contributed by atoms with van der Waals surface area (Å²) in [5.41, 5.74) is 0.410. The van der Waals surface area contributed by atoms with Gasteiger partial charge in [-0.05, 0) is 36.4 Å². The number of ether oxygens (including phenoxy) is 14. The Hall–Kier alpha value is -3.76. The number of benzene rings is 2. The number of hydrogen-bond acceptors (Lipinski definition) is 38. The van der Waals surface area contributed by atoms with Crippen molar-refractivity contribution < 1.29 is 177 Å². The molecule has 21 saturated heterocycles. The van der Waals surface area contributed by atoms with Crippen molar-refractivity contribution in [2.75, 3.05) is 51.5 Å². The number of rotatable bonds is 11. The highest BCUT2D eigenvalue weighted by Gasteiger charge is 2.60. The SMILES string of the molecule is O=S(=O)(c1ccc(NC[C@H]2O[C@@H]3O[C@H]4[C@H](O)[C@@H](O)[C@@H](O[C@H]5[C@H](O)[C@@H](O)[C@@H](O[C@H]6[C@H](O)[C@@H](O)[C@@H](O[C@H]7[C@H](O)[C@@H](O)[C@@H](O[C@H]8[C@H](O)[C@@H](O)[C@@H](O[C@H]9[C@H](O)[C@@H](O)[C@@H](O[C@H]2[C@H](O)[C@H]3O)O[C@@H]9CO)O[C@@H]8CO)O[C@@H]7CO)O[C@@H]6CO)O[C@@H]5CO)O[C@@H]4CO)cc1)c1cccc2cccnc12. The van der Waals surface area contributed by atoms with Crippen LogP contribution >= 0.6 is 0 Å². The third-order valence-electron chi connectivity index (χ3n) is 18.2. The zero-order chi connectivity index (χ0) is 68.9. The highest BCUT2D eigenvalue weighted by Crippen LogP contribution is 2.40. The highest BCUT2D eigenvalue weighted by molar-refractivity contribution is 7.91. The lowest BCUT2D eigenvalue weighted by molar-refractivity contribution is -0.396. The first-order valence-electron chi connectivity index (χ1n) is 30.7. The molecule has 21 fully saturated rings. The summed E-state index contributed by atoms with van der Waals surface area (Å²) in [6.45, 7) is -6.95. The molecule has 35 atom stereocenters. The Balaban J connectivity index is 0.887. The molecule has 0 aliphatic carbocycles. The van der Waals surface area contributed by atoms with Crippen molar-refractivity contribution >= 4 is 26.4 Å². The van der Waals surface area contributed by atoms with Crippen LogP contribution < -0.4 is 5.32 Å². The van der Waals surface area contributed by atoms with E-state index >= 15 is 0 Å². The van der Waals surface area contributed by atoms with E-state index in [1.807, 2.05) is 0 Å². The minimum Gasteiger partial charge on any atom is -0.394 e. The molecule has 24 rings (SSSR count). The number of aliphatic hydroxyl groups is 20. The molecular formula is C57H80N2O36S. The molecule has 14 bridgehead atoms. The van der Waals surface area contributed by atoms with Gasteiger partial charge in [0, 0.05) is 23.8 Å². The average Bonchev–Trinajstić information content (AvgIpc) is 0.790. The molecule has 540 valence electrons. The van der Waals surface area contributed by atoms with Gasteiger partial charge < -0.3 is 174 Å². The normalized spacial score (nSPS) is 46.9. The van der Waals surface area contributed by atoms with Gasteiger partial charge in [-0.15, -0.1) is 0 Å². The highest BCUT2D eigenvalue weighted by atomic mass is 32.2. The Labute approximate surface area is 543 Å². The van der Waals surface area contributed by atoms with Gasteiger partial charge in [0.2, 0.25) is 9.84 Å². The Morgan fingerprint density at radius 2 is 0.583 bits per heavy atom. The molecule has 0 unspecified atom stereocenters. The van der Waals surface area contributed by atoms with Crippen LogP contribution in [-0.4, -0.2) is 377 Å². The lowest BCUT2D eigenvalue weighted by Crippen LogP contribution is -2.68. The van der Waals surface area contributed by atoms with Gasteiger partial charge in [-0.2, -0.15) is 0 Å². The van der Waals surface area contributed by atoms with E-state index in [1.165, 1.54) is 36.5 Å². The molecule has 21 N–H and O–H groups in total. The number of nitrogens with zero attached hydrogens (tertiary/aromatic N) is 1. The number of pyridine rings is 1.